The first-order valence-electron chi connectivity index (χ1n) is 8.08. The summed E-state index contributed by atoms with van der Waals surface area (Å²) in [5, 5.41) is 3.18. The maximum Gasteiger partial charge on any atom is 0.242 e. The number of aliphatic imine (C=N–C) groups is 1. The minimum absolute atomic E-state index is 0. The number of nitrogens with one attached hydrogen (secondary N) is 1. The van der Waals surface area contributed by atoms with Gasteiger partial charge in [-0.15, -0.1) is 24.0 Å². The van der Waals surface area contributed by atoms with Crippen LogP contribution in [0.4, 0.5) is 0 Å². The van der Waals surface area contributed by atoms with E-state index in [0.29, 0.717) is 32.0 Å². The van der Waals surface area contributed by atoms with Gasteiger partial charge >= 0.3 is 0 Å². The summed E-state index contributed by atoms with van der Waals surface area (Å²) in [7, 11) is 5.18. The van der Waals surface area contributed by atoms with Crippen LogP contribution >= 0.6 is 24.0 Å². The zero-order valence-corrected chi connectivity index (χ0v) is 18.2. The Morgan fingerprint density at radius 1 is 1.38 bits per heavy atom. The highest BCUT2D eigenvalue weighted by Gasteiger charge is 2.40. The molecule has 1 saturated heterocycles. The molecule has 1 rings (SSSR count). The van der Waals surface area contributed by atoms with Crippen LogP contribution in [0, 0.1) is 0 Å². The van der Waals surface area contributed by atoms with Crippen molar-refractivity contribution < 1.29 is 9.59 Å². The third-order valence-electron chi connectivity index (χ3n) is 3.97. The molecule has 1 N–H and O–H groups in total. The Balaban J connectivity index is 0.00000529. The predicted octanol–water partition coefficient (Wildman–Crippen LogP) is 0.989. The number of guanidine groups is 1. The number of amides is 2. The maximum absolute atomic E-state index is 12.5. The van der Waals surface area contributed by atoms with Crippen molar-refractivity contribution in [2.24, 2.45) is 4.99 Å². The molecule has 0 aromatic carbocycles. The summed E-state index contributed by atoms with van der Waals surface area (Å²) < 4.78 is 0. The molecular formula is C16H32IN5O2. The summed E-state index contributed by atoms with van der Waals surface area (Å²) >= 11 is 0. The van der Waals surface area contributed by atoms with Gasteiger partial charge < -0.3 is 20.0 Å². The van der Waals surface area contributed by atoms with E-state index in [9.17, 15) is 9.59 Å². The van der Waals surface area contributed by atoms with Crippen molar-refractivity contribution in [3.8, 4) is 0 Å². The molecule has 0 aromatic rings. The summed E-state index contributed by atoms with van der Waals surface area (Å²) in [5.41, 5.74) is -0.263. The van der Waals surface area contributed by atoms with Crippen LogP contribution in [0.15, 0.2) is 4.99 Å². The van der Waals surface area contributed by atoms with Crippen molar-refractivity contribution in [2.75, 3.05) is 40.8 Å². The lowest BCUT2D eigenvalue weighted by molar-refractivity contribution is -0.145. The van der Waals surface area contributed by atoms with Crippen molar-refractivity contribution in [1.82, 2.24) is 20.0 Å². The van der Waals surface area contributed by atoms with Crippen LogP contribution in [-0.2, 0) is 9.59 Å². The van der Waals surface area contributed by atoms with Crippen LogP contribution in [0.25, 0.3) is 0 Å². The second-order valence-corrected chi connectivity index (χ2v) is 7.04. The standard InChI is InChI=1S/C16H31N5O2.HI/c1-12(2)21-14(23)10-20(11-16(21,3)4)15(17-5)18-9-8-13(22)19(6)7;/h12H,8-11H2,1-7H3,(H,17,18);1H. The lowest BCUT2D eigenvalue weighted by atomic mass is 9.96. The predicted molar refractivity (Wildman–Crippen MR) is 108 cm³/mol. The van der Waals surface area contributed by atoms with Gasteiger partial charge in [0.1, 0.15) is 0 Å². The molecule has 0 unspecified atom stereocenters. The van der Waals surface area contributed by atoms with E-state index in [-0.39, 0.29) is 47.4 Å². The minimum atomic E-state index is -0.263. The second kappa shape index (κ2) is 9.43. The third-order valence-corrected chi connectivity index (χ3v) is 3.97. The number of carbonyl (C=O) groups is 2. The number of halogens is 1. The first-order valence-corrected chi connectivity index (χ1v) is 8.08. The molecule has 0 radical (unpaired) electrons. The number of hydrogen-bond acceptors (Lipinski definition) is 3. The van der Waals surface area contributed by atoms with Gasteiger partial charge in [0.15, 0.2) is 5.96 Å². The van der Waals surface area contributed by atoms with E-state index >= 15 is 0 Å². The average molecular weight is 453 g/mol. The first kappa shape index (κ1) is 22.9. The van der Waals surface area contributed by atoms with Gasteiger partial charge in [-0.2, -0.15) is 0 Å². The Kier molecular flexibility index (Phi) is 9.01. The molecule has 24 heavy (non-hydrogen) atoms. The number of piperazine rings is 1. The molecule has 0 aromatic heterocycles. The molecule has 0 atom stereocenters. The lowest BCUT2D eigenvalue weighted by Gasteiger charge is -2.49. The highest BCUT2D eigenvalue weighted by atomic mass is 127. The third kappa shape index (κ3) is 5.78. The van der Waals surface area contributed by atoms with Crippen molar-refractivity contribution in [1.29, 1.82) is 0 Å². The van der Waals surface area contributed by atoms with E-state index < -0.39 is 0 Å². The summed E-state index contributed by atoms with van der Waals surface area (Å²) in [6.07, 6.45) is 0.398. The van der Waals surface area contributed by atoms with Gasteiger partial charge in [-0.3, -0.25) is 14.6 Å². The Hall–Kier alpha value is -1.06. The Bertz CT molecular complexity index is 477. The molecule has 0 spiro atoms. The molecule has 1 heterocycles. The molecular weight excluding hydrogens is 421 g/mol. The molecule has 2 amide bonds. The van der Waals surface area contributed by atoms with Gasteiger partial charge in [0, 0.05) is 46.7 Å². The van der Waals surface area contributed by atoms with Gasteiger partial charge in [0.2, 0.25) is 11.8 Å². The van der Waals surface area contributed by atoms with Crippen molar-refractivity contribution in [3.63, 3.8) is 0 Å². The van der Waals surface area contributed by atoms with Crippen LogP contribution in [0.3, 0.4) is 0 Å². The molecule has 1 aliphatic rings. The van der Waals surface area contributed by atoms with Crippen molar-refractivity contribution >= 4 is 41.8 Å². The first-order chi connectivity index (χ1) is 10.6. The Morgan fingerprint density at radius 2 is 1.96 bits per heavy atom. The monoisotopic (exact) mass is 453 g/mol. The highest BCUT2D eigenvalue weighted by molar-refractivity contribution is 14.0. The molecule has 140 valence electrons. The molecule has 1 aliphatic heterocycles. The number of nitrogens with zero attached hydrogens (tertiary/aromatic N) is 4. The lowest BCUT2D eigenvalue weighted by Crippen LogP contribution is -2.66. The molecule has 0 saturated carbocycles. The smallest absolute Gasteiger partial charge is 0.242 e. The molecule has 0 bridgehead atoms. The van der Waals surface area contributed by atoms with Crippen LogP contribution in [0.1, 0.15) is 34.1 Å². The van der Waals surface area contributed by atoms with Crippen LogP contribution in [0.5, 0.6) is 0 Å². The largest absolute Gasteiger partial charge is 0.356 e. The van der Waals surface area contributed by atoms with Gasteiger partial charge in [0.25, 0.3) is 0 Å². The van der Waals surface area contributed by atoms with Crippen molar-refractivity contribution in [3.05, 3.63) is 0 Å². The van der Waals surface area contributed by atoms with E-state index in [1.54, 1.807) is 26.0 Å². The van der Waals surface area contributed by atoms with Gasteiger partial charge in [-0.25, -0.2) is 0 Å². The minimum Gasteiger partial charge on any atom is -0.356 e. The number of carbonyl (C=O) groups excluding carboxylic acids is 2. The van der Waals surface area contributed by atoms with Gasteiger partial charge in [0.05, 0.1) is 12.1 Å². The molecule has 1 fully saturated rings. The topological polar surface area (TPSA) is 68.2 Å². The molecule has 7 nitrogen and oxygen atoms in total. The fourth-order valence-electron chi connectivity index (χ4n) is 3.15. The zero-order chi connectivity index (χ0) is 17.8. The van der Waals surface area contributed by atoms with E-state index in [0.717, 1.165) is 0 Å². The average Bonchev–Trinajstić information content (AvgIpc) is 2.40. The Morgan fingerprint density at radius 3 is 2.38 bits per heavy atom. The molecule has 8 heteroatoms. The van der Waals surface area contributed by atoms with E-state index in [4.69, 9.17) is 0 Å². The second-order valence-electron chi connectivity index (χ2n) is 7.04. The number of rotatable bonds is 4. The fraction of sp³-hybridized carbons (Fsp3) is 0.812. The normalized spacial score (nSPS) is 17.7. The maximum atomic E-state index is 12.5. The van der Waals surface area contributed by atoms with Crippen molar-refractivity contribution in [2.45, 2.75) is 45.7 Å². The quantitative estimate of drug-likeness (QED) is 0.392. The molecule has 0 aliphatic carbocycles. The fourth-order valence-corrected chi connectivity index (χ4v) is 3.15. The Labute approximate surface area is 162 Å². The summed E-state index contributed by atoms with van der Waals surface area (Å²) in [6.45, 7) is 9.73. The number of hydrogen-bond donors (Lipinski definition) is 1. The summed E-state index contributed by atoms with van der Waals surface area (Å²) in [6, 6.07) is 0.173. The van der Waals surface area contributed by atoms with Gasteiger partial charge in [-0.05, 0) is 27.7 Å². The van der Waals surface area contributed by atoms with Crippen LogP contribution in [0.2, 0.25) is 0 Å². The summed E-state index contributed by atoms with van der Waals surface area (Å²) in [5.74, 6) is 0.832. The van der Waals surface area contributed by atoms with Gasteiger partial charge in [-0.1, -0.05) is 0 Å². The summed E-state index contributed by atoms with van der Waals surface area (Å²) in [4.78, 5) is 33.9. The highest BCUT2D eigenvalue weighted by Crippen LogP contribution is 2.24. The zero-order valence-electron chi connectivity index (χ0n) is 15.9. The van der Waals surface area contributed by atoms with Crippen LogP contribution < -0.4 is 5.32 Å². The van der Waals surface area contributed by atoms with E-state index in [2.05, 4.69) is 24.2 Å². The van der Waals surface area contributed by atoms with E-state index in [1.165, 1.54) is 0 Å². The van der Waals surface area contributed by atoms with Crippen LogP contribution in [-0.4, -0.2) is 84.8 Å². The van der Waals surface area contributed by atoms with E-state index in [1.807, 2.05) is 23.6 Å². The SMILES string of the molecule is CN=C(NCCC(=O)N(C)C)N1CC(=O)N(C(C)C)C(C)(C)C1.I.